The van der Waals surface area contributed by atoms with Crippen LogP contribution >= 0.6 is 24.0 Å². The number of benzene rings is 1. The van der Waals surface area contributed by atoms with Crippen LogP contribution in [0.4, 0.5) is 8.78 Å². The number of nitrogens with zero attached hydrogens (tertiary/aromatic N) is 3. The molecule has 29 heavy (non-hydrogen) atoms. The lowest BCUT2D eigenvalue weighted by Crippen LogP contribution is -2.37. The molecule has 7 nitrogen and oxygen atoms in total. The fourth-order valence-electron chi connectivity index (χ4n) is 2.34. The quantitative estimate of drug-likeness (QED) is 0.323. The van der Waals surface area contributed by atoms with E-state index in [1.165, 1.54) is 6.07 Å². The summed E-state index contributed by atoms with van der Waals surface area (Å²) in [5, 5.41) is 10.2. The van der Waals surface area contributed by atoms with Crippen LogP contribution in [0, 0.1) is 6.92 Å². The Bertz CT molecular complexity index is 806. The van der Waals surface area contributed by atoms with Gasteiger partial charge in [0.2, 0.25) is 5.89 Å². The smallest absolute Gasteiger partial charge is 0.387 e. The molecule has 0 saturated heterocycles. The highest BCUT2D eigenvalue weighted by molar-refractivity contribution is 14.0. The largest absolute Gasteiger partial charge is 0.434 e. The fourth-order valence-corrected chi connectivity index (χ4v) is 2.34. The van der Waals surface area contributed by atoms with Crippen molar-refractivity contribution in [2.75, 3.05) is 6.54 Å². The summed E-state index contributed by atoms with van der Waals surface area (Å²) >= 11 is 0. The minimum atomic E-state index is -2.88. The van der Waals surface area contributed by atoms with Gasteiger partial charge in [0, 0.05) is 17.5 Å². The second kappa shape index (κ2) is 11.3. The molecule has 1 heterocycles. The van der Waals surface area contributed by atoms with Gasteiger partial charge in [-0.1, -0.05) is 43.6 Å². The Hall–Kier alpha value is -1.98. The first-order valence-corrected chi connectivity index (χ1v) is 9.08. The Kier molecular flexibility index (Phi) is 9.74. The van der Waals surface area contributed by atoms with Crippen LogP contribution < -0.4 is 15.4 Å². The van der Waals surface area contributed by atoms with E-state index in [9.17, 15) is 8.78 Å². The number of rotatable bonds is 7. The number of guanidine groups is 1. The Morgan fingerprint density at radius 3 is 2.59 bits per heavy atom. The molecule has 2 N–H and O–H groups in total. The van der Waals surface area contributed by atoms with E-state index < -0.39 is 6.61 Å². The van der Waals surface area contributed by atoms with Gasteiger partial charge in [0.15, 0.2) is 11.8 Å². The molecular formula is C19H28F2IN5O2. The van der Waals surface area contributed by atoms with E-state index in [-0.39, 0.29) is 41.7 Å². The fraction of sp³-hybridized carbons (Fsp3) is 0.526. The number of alkyl halides is 2. The van der Waals surface area contributed by atoms with Crippen molar-refractivity contribution in [3.8, 4) is 5.75 Å². The predicted molar refractivity (Wildman–Crippen MR) is 118 cm³/mol. The molecule has 0 atom stereocenters. The van der Waals surface area contributed by atoms with E-state index in [0.29, 0.717) is 36.3 Å². The van der Waals surface area contributed by atoms with Gasteiger partial charge in [0.05, 0.1) is 13.1 Å². The van der Waals surface area contributed by atoms with E-state index in [2.05, 4.69) is 30.5 Å². The standard InChI is InChI=1S/C19H27F2N5O2.HI/c1-6-22-18(24-11-15-25-16(28-26-15)19(3,4)5)23-10-13-9-12(2)7-8-14(13)27-17(20)21;/h7-9,17H,6,10-11H2,1-5H3,(H2,22,23,24);1H. The molecule has 0 aliphatic carbocycles. The molecule has 0 bridgehead atoms. The first kappa shape index (κ1) is 25.1. The molecule has 0 fully saturated rings. The summed E-state index contributed by atoms with van der Waals surface area (Å²) in [6, 6.07) is 5.02. The van der Waals surface area contributed by atoms with Gasteiger partial charge < -0.3 is 19.9 Å². The number of hydrogen-bond acceptors (Lipinski definition) is 5. The average molecular weight is 523 g/mol. The van der Waals surface area contributed by atoms with Crippen molar-refractivity contribution in [2.24, 2.45) is 4.99 Å². The van der Waals surface area contributed by atoms with Crippen molar-refractivity contribution in [1.82, 2.24) is 20.8 Å². The number of aryl methyl sites for hydroxylation is 1. The molecule has 10 heteroatoms. The molecule has 162 valence electrons. The maximum atomic E-state index is 12.6. The van der Waals surface area contributed by atoms with Gasteiger partial charge in [-0.2, -0.15) is 13.8 Å². The monoisotopic (exact) mass is 523 g/mol. The minimum Gasteiger partial charge on any atom is -0.434 e. The number of ether oxygens (including phenoxy) is 1. The molecule has 2 rings (SSSR count). The molecule has 0 unspecified atom stereocenters. The van der Waals surface area contributed by atoms with E-state index >= 15 is 0 Å². The zero-order chi connectivity index (χ0) is 20.7. The first-order chi connectivity index (χ1) is 13.2. The summed E-state index contributed by atoms with van der Waals surface area (Å²) in [6.45, 7) is 8.04. The summed E-state index contributed by atoms with van der Waals surface area (Å²) in [5.41, 5.74) is 1.29. The molecular weight excluding hydrogens is 495 g/mol. The Balaban J connectivity index is 0.00000420. The Morgan fingerprint density at radius 1 is 1.28 bits per heavy atom. The van der Waals surface area contributed by atoms with E-state index in [1.807, 2.05) is 34.6 Å². The molecule has 0 radical (unpaired) electrons. The van der Waals surface area contributed by atoms with E-state index in [0.717, 1.165) is 5.56 Å². The third kappa shape index (κ3) is 8.11. The van der Waals surface area contributed by atoms with Crippen molar-refractivity contribution >= 4 is 29.9 Å². The highest BCUT2D eigenvalue weighted by Gasteiger charge is 2.21. The second-order valence-electron chi connectivity index (χ2n) is 7.30. The van der Waals surface area contributed by atoms with Gasteiger partial charge >= 0.3 is 6.61 Å². The van der Waals surface area contributed by atoms with Gasteiger partial charge in [-0.3, -0.25) is 0 Å². The van der Waals surface area contributed by atoms with Crippen LogP contribution in [-0.4, -0.2) is 29.3 Å². The molecule has 0 aliphatic heterocycles. The van der Waals surface area contributed by atoms with E-state index in [1.54, 1.807) is 12.1 Å². The topological polar surface area (TPSA) is 84.6 Å². The molecule has 0 spiro atoms. The molecule has 0 saturated carbocycles. The van der Waals surface area contributed by atoms with Crippen LogP contribution in [0.25, 0.3) is 0 Å². The Morgan fingerprint density at radius 2 is 2.00 bits per heavy atom. The van der Waals surface area contributed by atoms with Gasteiger partial charge in [0.25, 0.3) is 0 Å². The number of hydrogen-bond donors (Lipinski definition) is 2. The van der Waals surface area contributed by atoms with Crippen molar-refractivity contribution in [3.05, 3.63) is 41.0 Å². The van der Waals surface area contributed by atoms with Crippen LogP contribution in [0.15, 0.2) is 27.7 Å². The van der Waals surface area contributed by atoms with Crippen LogP contribution in [0.2, 0.25) is 0 Å². The Labute approximate surface area is 186 Å². The predicted octanol–water partition coefficient (Wildman–Crippen LogP) is 4.15. The lowest BCUT2D eigenvalue weighted by molar-refractivity contribution is -0.0504. The SMILES string of the molecule is CCNC(=NCc1cc(C)ccc1OC(F)F)NCc1noc(C(C)(C)C)n1.I. The summed E-state index contributed by atoms with van der Waals surface area (Å²) in [4.78, 5) is 8.81. The third-order valence-corrected chi connectivity index (χ3v) is 3.71. The number of nitrogens with one attached hydrogen (secondary N) is 2. The number of aromatic nitrogens is 2. The number of aliphatic imine (C=N–C) groups is 1. The molecule has 2 aromatic rings. The van der Waals surface area contributed by atoms with Gasteiger partial charge in [0.1, 0.15) is 5.75 Å². The van der Waals surface area contributed by atoms with Crippen LogP contribution in [0.3, 0.4) is 0 Å². The lowest BCUT2D eigenvalue weighted by atomic mass is 9.97. The highest BCUT2D eigenvalue weighted by atomic mass is 127. The zero-order valence-electron chi connectivity index (χ0n) is 17.3. The minimum absolute atomic E-state index is 0. The summed E-state index contributed by atoms with van der Waals surface area (Å²) in [7, 11) is 0. The number of halogens is 3. The highest BCUT2D eigenvalue weighted by Crippen LogP contribution is 2.23. The van der Waals surface area contributed by atoms with Crippen LogP contribution in [-0.2, 0) is 18.5 Å². The summed E-state index contributed by atoms with van der Waals surface area (Å²) in [5.74, 6) is 1.69. The van der Waals surface area contributed by atoms with Gasteiger partial charge in [-0.25, -0.2) is 4.99 Å². The van der Waals surface area contributed by atoms with Crippen LogP contribution in [0.1, 0.15) is 50.5 Å². The average Bonchev–Trinajstić information content (AvgIpc) is 3.08. The lowest BCUT2D eigenvalue weighted by Gasteiger charge is -2.12. The maximum Gasteiger partial charge on any atom is 0.387 e. The molecule has 1 aromatic heterocycles. The first-order valence-electron chi connectivity index (χ1n) is 9.08. The summed E-state index contributed by atoms with van der Waals surface area (Å²) in [6.07, 6.45) is 0. The molecule has 0 aliphatic rings. The summed E-state index contributed by atoms with van der Waals surface area (Å²) < 4.78 is 35.1. The van der Waals surface area contributed by atoms with Crippen molar-refractivity contribution < 1.29 is 18.0 Å². The third-order valence-electron chi connectivity index (χ3n) is 3.71. The maximum absolute atomic E-state index is 12.6. The normalized spacial score (nSPS) is 11.9. The van der Waals surface area contributed by atoms with Crippen molar-refractivity contribution in [2.45, 2.75) is 59.7 Å². The second-order valence-corrected chi connectivity index (χ2v) is 7.30. The van der Waals surface area contributed by atoms with Gasteiger partial charge in [-0.05, 0) is 19.9 Å². The van der Waals surface area contributed by atoms with E-state index in [4.69, 9.17) is 4.52 Å². The van der Waals surface area contributed by atoms with Crippen molar-refractivity contribution in [3.63, 3.8) is 0 Å². The van der Waals surface area contributed by atoms with Gasteiger partial charge in [-0.15, -0.1) is 24.0 Å². The molecule has 1 aromatic carbocycles. The molecule has 0 amide bonds. The zero-order valence-corrected chi connectivity index (χ0v) is 19.6. The van der Waals surface area contributed by atoms with Crippen molar-refractivity contribution in [1.29, 1.82) is 0 Å². The van der Waals surface area contributed by atoms with Crippen LogP contribution in [0.5, 0.6) is 5.75 Å².